The Kier molecular flexibility index (Phi) is 3.59. The summed E-state index contributed by atoms with van der Waals surface area (Å²) in [5, 5.41) is 0. The van der Waals surface area contributed by atoms with E-state index in [1.165, 1.54) is 31.2 Å². The van der Waals surface area contributed by atoms with Crippen molar-refractivity contribution in [1.82, 2.24) is 0 Å². The van der Waals surface area contributed by atoms with Crippen molar-refractivity contribution in [2.75, 3.05) is 13.2 Å². The van der Waals surface area contributed by atoms with Gasteiger partial charge in [0.1, 0.15) is 5.82 Å². The summed E-state index contributed by atoms with van der Waals surface area (Å²) in [5.41, 5.74) is 7.18. The minimum absolute atomic E-state index is 0.0741. The van der Waals surface area contributed by atoms with Crippen LogP contribution in [0.25, 0.3) is 0 Å². The van der Waals surface area contributed by atoms with E-state index in [1.807, 2.05) is 12.1 Å². The molecule has 104 valence electrons. The van der Waals surface area contributed by atoms with Gasteiger partial charge in [-0.15, -0.1) is 0 Å². The van der Waals surface area contributed by atoms with E-state index in [0.29, 0.717) is 18.4 Å². The Hall–Kier alpha value is -0.930. The fourth-order valence-corrected chi connectivity index (χ4v) is 3.73. The lowest BCUT2D eigenvalue weighted by atomic mass is 9.75. The zero-order valence-corrected chi connectivity index (χ0v) is 11.3. The van der Waals surface area contributed by atoms with Gasteiger partial charge in [-0.25, -0.2) is 4.39 Å². The Morgan fingerprint density at radius 2 is 1.89 bits per heavy atom. The van der Waals surface area contributed by atoms with Crippen LogP contribution in [0.3, 0.4) is 0 Å². The minimum atomic E-state index is -0.171. The molecule has 2 unspecified atom stereocenters. The molecule has 1 saturated carbocycles. The van der Waals surface area contributed by atoms with E-state index >= 15 is 0 Å². The highest BCUT2D eigenvalue weighted by molar-refractivity contribution is 5.23. The van der Waals surface area contributed by atoms with Crippen LogP contribution in [0.5, 0.6) is 0 Å². The Balaban J connectivity index is 1.84. The number of hydrogen-bond acceptors (Lipinski definition) is 2. The number of rotatable bonds is 2. The van der Waals surface area contributed by atoms with Gasteiger partial charge < -0.3 is 10.5 Å². The van der Waals surface area contributed by atoms with Crippen molar-refractivity contribution in [3.63, 3.8) is 0 Å². The Morgan fingerprint density at radius 3 is 2.53 bits per heavy atom. The highest BCUT2D eigenvalue weighted by atomic mass is 19.1. The van der Waals surface area contributed by atoms with E-state index in [-0.39, 0.29) is 11.4 Å². The second-order valence-corrected chi connectivity index (χ2v) is 6.06. The topological polar surface area (TPSA) is 35.2 Å². The van der Waals surface area contributed by atoms with Crippen molar-refractivity contribution in [2.24, 2.45) is 11.7 Å². The number of nitrogens with two attached hydrogens (primary N) is 1. The fraction of sp³-hybridized carbons (Fsp3) is 0.625. The first kappa shape index (κ1) is 13.1. The van der Waals surface area contributed by atoms with Crippen LogP contribution in [0.2, 0.25) is 0 Å². The standard InChI is InChI=1S/C16H22FNO/c17-14-5-3-12(4-6-14)15-9-16(7-1-2-8-16)19-11-13(15)10-18/h3-6,13,15H,1-2,7-11,18H2. The van der Waals surface area contributed by atoms with Gasteiger partial charge in [0.25, 0.3) is 0 Å². The van der Waals surface area contributed by atoms with E-state index < -0.39 is 0 Å². The van der Waals surface area contributed by atoms with Crippen molar-refractivity contribution < 1.29 is 9.13 Å². The second-order valence-electron chi connectivity index (χ2n) is 6.06. The molecule has 3 rings (SSSR count). The lowest BCUT2D eigenvalue weighted by Crippen LogP contribution is -2.43. The van der Waals surface area contributed by atoms with E-state index in [4.69, 9.17) is 10.5 Å². The van der Waals surface area contributed by atoms with Crippen LogP contribution in [0.15, 0.2) is 24.3 Å². The molecule has 2 nitrogen and oxygen atoms in total. The molecule has 1 saturated heterocycles. The Bertz CT molecular complexity index is 425. The van der Waals surface area contributed by atoms with Crippen LogP contribution in [-0.4, -0.2) is 18.8 Å². The van der Waals surface area contributed by atoms with E-state index in [0.717, 1.165) is 13.0 Å². The maximum atomic E-state index is 13.1. The highest BCUT2D eigenvalue weighted by Gasteiger charge is 2.43. The molecule has 2 N–H and O–H groups in total. The van der Waals surface area contributed by atoms with Crippen LogP contribution >= 0.6 is 0 Å². The Labute approximate surface area is 114 Å². The van der Waals surface area contributed by atoms with Crippen LogP contribution in [-0.2, 0) is 4.74 Å². The van der Waals surface area contributed by atoms with E-state index in [2.05, 4.69) is 0 Å². The van der Waals surface area contributed by atoms with Gasteiger partial charge in [-0.2, -0.15) is 0 Å². The highest BCUT2D eigenvalue weighted by Crippen LogP contribution is 2.47. The molecule has 2 aliphatic rings. The van der Waals surface area contributed by atoms with Gasteiger partial charge >= 0.3 is 0 Å². The average molecular weight is 263 g/mol. The van der Waals surface area contributed by atoms with E-state index in [9.17, 15) is 4.39 Å². The summed E-state index contributed by atoms with van der Waals surface area (Å²) >= 11 is 0. The van der Waals surface area contributed by atoms with Crippen LogP contribution in [0, 0.1) is 11.7 Å². The summed E-state index contributed by atoms with van der Waals surface area (Å²) in [7, 11) is 0. The molecule has 1 aromatic carbocycles. The monoisotopic (exact) mass is 263 g/mol. The third-order valence-corrected chi connectivity index (χ3v) is 4.88. The van der Waals surface area contributed by atoms with Crippen molar-refractivity contribution in [3.8, 4) is 0 Å². The quantitative estimate of drug-likeness (QED) is 0.889. The summed E-state index contributed by atoms with van der Waals surface area (Å²) in [4.78, 5) is 0. The molecule has 1 spiro atoms. The smallest absolute Gasteiger partial charge is 0.123 e. The van der Waals surface area contributed by atoms with Crippen LogP contribution in [0.4, 0.5) is 4.39 Å². The second kappa shape index (κ2) is 5.22. The largest absolute Gasteiger partial charge is 0.375 e. The van der Waals surface area contributed by atoms with Gasteiger partial charge in [0.2, 0.25) is 0 Å². The summed E-state index contributed by atoms with van der Waals surface area (Å²) in [5.74, 6) is 0.602. The molecule has 0 aromatic heterocycles. The summed E-state index contributed by atoms with van der Waals surface area (Å²) in [6.07, 6.45) is 5.91. The maximum absolute atomic E-state index is 13.1. The molecule has 1 heterocycles. The number of halogens is 1. The number of ether oxygens (including phenoxy) is 1. The number of benzene rings is 1. The SMILES string of the molecule is NCC1COC2(CCCC2)CC1c1ccc(F)cc1. The lowest BCUT2D eigenvalue weighted by Gasteiger charge is -2.43. The fourth-order valence-electron chi connectivity index (χ4n) is 3.73. The molecule has 0 radical (unpaired) electrons. The zero-order chi connectivity index (χ0) is 13.3. The third kappa shape index (κ3) is 2.54. The Morgan fingerprint density at radius 1 is 1.21 bits per heavy atom. The summed E-state index contributed by atoms with van der Waals surface area (Å²) in [6, 6.07) is 6.94. The minimum Gasteiger partial charge on any atom is -0.375 e. The van der Waals surface area contributed by atoms with Gasteiger partial charge in [0, 0.05) is 5.92 Å². The first-order valence-corrected chi connectivity index (χ1v) is 7.32. The van der Waals surface area contributed by atoms with Crippen LogP contribution < -0.4 is 5.73 Å². The molecule has 1 aromatic rings. The van der Waals surface area contributed by atoms with Crippen molar-refractivity contribution in [3.05, 3.63) is 35.6 Å². The van der Waals surface area contributed by atoms with Gasteiger partial charge in [-0.3, -0.25) is 0 Å². The summed E-state index contributed by atoms with van der Waals surface area (Å²) < 4.78 is 19.2. The molecule has 2 atom stereocenters. The van der Waals surface area contributed by atoms with Crippen molar-refractivity contribution in [1.29, 1.82) is 0 Å². The van der Waals surface area contributed by atoms with Gasteiger partial charge in [0.05, 0.1) is 12.2 Å². The number of hydrogen-bond donors (Lipinski definition) is 1. The average Bonchev–Trinajstić information content (AvgIpc) is 2.88. The van der Waals surface area contributed by atoms with E-state index in [1.54, 1.807) is 12.1 Å². The maximum Gasteiger partial charge on any atom is 0.123 e. The van der Waals surface area contributed by atoms with Gasteiger partial charge in [0.15, 0.2) is 0 Å². The zero-order valence-electron chi connectivity index (χ0n) is 11.3. The molecule has 3 heteroatoms. The van der Waals surface area contributed by atoms with Crippen molar-refractivity contribution >= 4 is 0 Å². The van der Waals surface area contributed by atoms with Crippen LogP contribution in [0.1, 0.15) is 43.6 Å². The first-order valence-electron chi connectivity index (χ1n) is 7.32. The molecule has 1 aliphatic heterocycles. The predicted octanol–water partition coefficient (Wildman–Crippen LogP) is 3.22. The lowest BCUT2D eigenvalue weighted by molar-refractivity contribution is -0.103. The molecule has 0 amide bonds. The molecule has 19 heavy (non-hydrogen) atoms. The molecule has 1 aliphatic carbocycles. The third-order valence-electron chi connectivity index (χ3n) is 4.88. The molecule has 2 fully saturated rings. The molecular weight excluding hydrogens is 241 g/mol. The first-order chi connectivity index (χ1) is 9.22. The van der Waals surface area contributed by atoms with Gasteiger partial charge in [-0.1, -0.05) is 25.0 Å². The van der Waals surface area contributed by atoms with Gasteiger partial charge in [-0.05, 0) is 49.4 Å². The normalized spacial score (nSPS) is 29.8. The molecular formula is C16H22FNO. The predicted molar refractivity (Wildman–Crippen MR) is 73.5 cm³/mol. The molecule has 0 bridgehead atoms. The summed E-state index contributed by atoms with van der Waals surface area (Å²) in [6.45, 7) is 1.39. The van der Waals surface area contributed by atoms with Crippen molar-refractivity contribution in [2.45, 2.75) is 43.6 Å².